The molecule has 0 spiro atoms. The van der Waals surface area contributed by atoms with E-state index in [9.17, 15) is 0 Å². The maximum atomic E-state index is 3.56. The molecule has 0 saturated carbocycles. The number of aromatic nitrogens is 9. The zero-order chi connectivity index (χ0) is 21.3. The van der Waals surface area contributed by atoms with Crippen LogP contribution in [-0.2, 0) is 0 Å². The van der Waals surface area contributed by atoms with Crippen LogP contribution in [0.15, 0.2) is 37.4 Å². The van der Waals surface area contributed by atoms with Gasteiger partial charge in [-0.05, 0) is 17.8 Å². The zero-order valence-corrected chi connectivity index (χ0v) is 18.4. The van der Waals surface area contributed by atoms with Crippen molar-refractivity contribution in [3.05, 3.63) is 37.4 Å². The molecule has 27 heavy (non-hydrogen) atoms. The lowest BCUT2D eigenvalue weighted by Gasteiger charge is -1.79. The largest absolute Gasteiger partial charge is 0.266 e. The molecule has 3 rings (SSSR count). The summed E-state index contributed by atoms with van der Waals surface area (Å²) in [4.78, 5) is 3.56. The summed E-state index contributed by atoms with van der Waals surface area (Å²) in [6, 6.07) is 0. The summed E-state index contributed by atoms with van der Waals surface area (Å²) in [5.74, 6) is 2.50. The Balaban J connectivity index is -0.000000258. The van der Waals surface area contributed by atoms with Crippen LogP contribution in [0.4, 0.5) is 0 Å². The van der Waals surface area contributed by atoms with E-state index in [0.717, 1.165) is 17.8 Å². The summed E-state index contributed by atoms with van der Waals surface area (Å²) < 4.78 is 0. The highest BCUT2D eigenvalue weighted by Crippen LogP contribution is 1.81. The summed E-state index contributed by atoms with van der Waals surface area (Å²) in [6.07, 6.45) is 9.29. The molecule has 0 radical (unpaired) electrons. The second kappa shape index (κ2) is 25.7. The molecule has 0 aromatic carbocycles. The van der Waals surface area contributed by atoms with Crippen LogP contribution in [-0.4, -0.2) is 46.0 Å². The fourth-order valence-electron chi connectivity index (χ4n) is 0.500. The SMILES string of the molecule is CC(C)C.CC(C)C.CC(C)C.c1cn[nH]n1.c1cn[nH]n1.c1nc[nH]n1. The molecule has 0 aliphatic rings. The van der Waals surface area contributed by atoms with Crippen molar-refractivity contribution < 1.29 is 0 Å². The molecule has 0 atom stereocenters. The van der Waals surface area contributed by atoms with Gasteiger partial charge in [0.15, 0.2) is 0 Å². The van der Waals surface area contributed by atoms with E-state index in [0.29, 0.717) is 0 Å². The molecule has 9 nitrogen and oxygen atoms in total. The number of aromatic amines is 3. The summed E-state index contributed by atoms with van der Waals surface area (Å²) in [5.41, 5.74) is 0. The molecule has 0 aliphatic heterocycles. The molecule has 3 N–H and O–H groups in total. The minimum atomic E-state index is 0.833. The summed E-state index contributed by atoms with van der Waals surface area (Å²) in [5, 5.41) is 24.7. The van der Waals surface area contributed by atoms with E-state index < -0.39 is 0 Å². The fourth-order valence-corrected chi connectivity index (χ4v) is 0.500. The molecule has 0 bridgehead atoms. The van der Waals surface area contributed by atoms with Crippen LogP contribution >= 0.6 is 0 Å². The maximum Gasteiger partial charge on any atom is 0.137 e. The molecular formula is C18H39N9. The minimum absolute atomic E-state index is 0.833. The highest BCUT2D eigenvalue weighted by atomic mass is 15.3. The van der Waals surface area contributed by atoms with Crippen LogP contribution in [0.1, 0.15) is 62.3 Å². The highest BCUT2D eigenvalue weighted by Gasteiger charge is 1.69. The topological polar surface area (TPSA) is 125 Å². The first-order valence-electron chi connectivity index (χ1n) is 9.08. The van der Waals surface area contributed by atoms with E-state index in [1.54, 1.807) is 24.8 Å². The van der Waals surface area contributed by atoms with Gasteiger partial charge in [-0.25, -0.2) is 4.98 Å². The summed E-state index contributed by atoms with van der Waals surface area (Å²) >= 11 is 0. The van der Waals surface area contributed by atoms with Crippen LogP contribution in [0.25, 0.3) is 0 Å². The van der Waals surface area contributed by atoms with Crippen LogP contribution in [0.5, 0.6) is 0 Å². The first-order valence-corrected chi connectivity index (χ1v) is 9.08. The predicted octanol–water partition coefficient (Wildman–Crippen LogP) is 4.40. The predicted molar refractivity (Wildman–Crippen MR) is 111 cm³/mol. The highest BCUT2D eigenvalue weighted by molar-refractivity contribution is 4.55. The number of nitrogens with zero attached hydrogens (tertiary/aromatic N) is 6. The van der Waals surface area contributed by atoms with E-state index in [2.05, 4.69) is 108 Å². The number of nitrogens with one attached hydrogen (secondary N) is 3. The molecule has 0 saturated heterocycles. The van der Waals surface area contributed by atoms with Crippen molar-refractivity contribution in [1.82, 2.24) is 46.0 Å². The molecule has 9 heteroatoms. The van der Waals surface area contributed by atoms with E-state index in [4.69, 9.17) is 0 Å². The average Bonchev–Trinajstić information content (AvgIpc) is 3.31. The number of rotatable bonds is 0. The lowest BCUT2D eigenvalue weighted by Crippen LogP contribution is -1.66. The van der Waals surface area contributed by atoms with E-state index in [1.807, 2.05) is 0 Å². The molecule has 0 aliphatic carbocycles. The maximum absolute atomic E-state index is 3.56. The van der Waals surface area contributed by atoms with Gasteiger partial charge < -0.3 is 0 Å². The van der Waals surface area contributed by atoms with Gasteiger partial charge in [0.2, 0.25) is 0 Å². The molecule has 3 aromatic rings. The summed E-state index contributed by atoms with van der Waals surface area (Å²) in [7, 11) is 0. The standard InChI is InChI=1S/3C4H10.3C2H3N3/c3*1-4(2)3;1-3-2-5-4-1;2*1-2-4-5-3-1/h3*4H,1-3H3;3*1-2H,(H,3,4,5). The second-order valence-corrected chi connectivity index (χ2v) is 7.16. The van der Waals surface area contributed by atoms with Gasteiger partial charge in [0.1, 0.15) is 12.7 Å². The first kappa shape index (κ1) is 29.2. The monoisotopic (exact) mass is 381 g/mol. The molecule has 3 heterocycles. The van der Waals surface area contributed by atoms with E-state index >= 15 is 0 Å². The lowest BCUT2D eigenvalue weighted by molar-refractivity contribution is 0.736. The van der Waals surface area contributed by atoms with Gasteiger partial charge in [-0.2, -0.15) is 35.9 Å². The molecule has 3 aromatic heterocycles. The second-order valence-electron chi connectivity index (χ2n) is 7.16. The third-order valence-electron chi connectivity index (χ3n) is 0.994. The van der Waals surface area contributed by atoms with E-state index in [-0.39, 0.29) is 0 Å². The van der Waals surface area contributed by atoms with Crippen molar-refractivity contribution in [3.63, 3.8) is 0 Å². The van der Waals surface area contributed by atoms with Crippen LogP contribution < -0.4 is 0 Å². The van der Waals surface area contributed by atoms with Gasteiger partial charge in [0, 0.05) is 0 Å². The minimum Gasteiger partial charge on any atom is -0.266 e. The van der Waals surface area contributed by atoms with Gasteiger partial charge >= 0.3 is 0 Å². The molecule has 0 amide bonds. The summed E-state index contributed by atoms with van der Waals surface area (Å²) in [6.45, 7) is 19.5. The number of hydrogen-bond acceptors (Lipinski definition) is 6. The van der Waals surface area contributed by atoms with Crippen LogP contribution in [0.2, 0.25) is 0 Å². The molecule has 0 unspecified atom stereocenters. The third-order valence-corrected chi connectivity index (χ3v) is 0.994. The smallest absolute Gasteiger partial charge is 0.137 e. The van der Waals surface area contributed by atoms with Crippen molar-refractivity contribution in [1.29, 1.82) is 0 Å². The Morgan fingerprint density at radius 1 is 0.519 bits per heavy atom. The van der Waals surface area contributed by atoms with Gasteiger partial charge in [0.25, 0.3) is 0 Å². The molecular weight excluding hydrogens is 342 g/mol. The van der Waals surface area contributed by atoms with E-state index in [1.165, 1.54) is 12.7 Å². The Morgan fingerprint density at radius 3 is 0.889 bits per heavy atom. The first-order chi connectivity index (χ1) is 12.7. The number of hydrogen-bond donors (Lipinski definition) is 3. The number of H-pyrrole nitrogens is 3. The van der Waals surface area contributed by atoms with Crippen molar-refractivity contribution in [3.8, 4) is 0 Å². The normalized spacial score (nSPS) is 8.44. The Morgan fingerprint density at radius 2 is 0.815 bits per heavy atom. The quantitative estimate of drug-likeness (QED) is 0.530. The van der Waals surface area contributed by atoms with Crippen LogP contribution in [0, 0.1) is 17.8 Å². The Bertz CT molecular complexity index is 352. The van der Waals surface area contributed by atoms with Crippen molar-refractivity contribution in [2.75, 3.05) is 0 Å². The fraction of sp³-hybridized carbons (Fsp3) is 0.667. The van der Waals surface area contributed by atoms with Crippen molar-refractivity contribution >= 4 is 0 Å². The van der Waals surface area contributed by atoms with Gasteiger partial charge in [-0.15, -0.1) is 0 Å². The van der Waals surface area contributed by atoms with Crippen molar-refractivity contribution in [2.45, 2.75) is 62.3 Å². The van der Waals surface area contributed by atoms with Crippen LogP contribution in [0.3, 0.4) is 0 Å². The Labute approximate surface area is 164 Å². The zero-order valence-electron chi connectivity index (χ0n) is 18.4. The van der Waals surface area contributed by atoms with Gasteiger partial charge in [0.05, 0.1) is 24.8 Å². The van der Waals surface area contributed by atoms with Gasteiger partial charge in [-0.1, -0.05) is 62.3 Å². The third kappa shape index (κ3) is 69.7. The average molecular weight is 382 g/mol. The molecule has 0 fully saturated rings. The Hall–Kier alpha value is -2.58. The van der Waals surface area contributed by atoms with Crippen molar-refractivity contribution in [2.24, 2.45) is 17.8 Å². The van der Waals surface area contributed by atoms with Gasteiger partial charge in [-0.3, -0.25) is 5.10 Å². The lowest BCUT2D eigenvalue weighted by atomic mass is 10.3. The molecule has 156 valence electrons. The Kier molecular flexibility index (Phi) is 27.7.